The fraction of sp³-hybridized carbons (Fsp3) is 0.312. The van der Waals surface area contributed by atoms with Gasteiger partial charge in [-0.1, -0.05) is 12.1 Å². The second-order valence-electron chi connectivity index (χ2n) is 5.54. The van der Waals surface area contributed by atoms with Crippen LogP contribution < -0.4 is 9.80 Å². The van der Waals surface area contributed by atoms with Gasteiger partial charge in [-0.15, -0.1) is 0 Å². The molecule has 0 saturated carbocycles. The summed E-state index contributed by atoms with van der Waals surface area (Å²) in [5.74, 6) is 1.64. The third-order valence-corrected chi connectivity index (χ3v) is 4.04. The zero-order valence-corrected chi connectivity index (χ0v) is 12.3. The lowest BCUT2D eigenvalue weighted by Gasteiger charge is -2.31. The van der Waals surface area contributed by atoms with Gasteiger partial charge in [0.2, 0.25) is 5.95 Å². The van der Waals surface area contributed by atoms with E-state index in [0.717, 1.165) is 55.7 Å². The maximum atomic E-state index is 5.81. The van der Waals surface area contributed by atoms with Gasteiger partial charge in [-0.25, -0.2) is 15.0 Å². The minimum atomic E-state index is 0.820. The number of quaternary nitrogens is 1. The number of benzene rings is 1. The third kappa shape index (κ3) is 2.65. The molecule has 6 nitrogen and oxygen atoms in total. The molecule has 1 saturated heterocycles. The van der Waals surface area contributed by atoms with Crippen molar-refractivity contribution in [1.29, 1.82) is 0 Å². The van der Waals surface area contributed by atoms with E-state index in [1.54, 1.807) is 12.4 Å². The summed E-state index contributed by atoms with van der Waals surface area (Å²) >= 11 is 0. The normalized spacial score (nSPS) is 16.3. The quantitative estimate of drug-likeness (QED) is 0.764. The van der Waals surface area contributed by atoms with Gasteiger partial charge in [-0.2, -0.15) is 0 Å². The third-order valence-electron chi connectivity index (χ3n) is 4.04. The Kier molecular flexibility index (Phi) is 3.44. The molecule has 1 fully saturated rings. The van der Waals surface area contributed by atoms with Gasteiger partial charge in [0.25, 0.3) is 5.89 Å². The molecule has 3 aromatic rings. The van der Waals surface area contributed by atoms with E-state index in [4.69, 9.17) is 4.42 Å². The summed E-state index contributed by atoms with van der Waals surface area (Å²) in [6.07, 6.45) is 3.58. The van der Waals surface area contributed by atoms with Crippen molar-refractivity contribution in [2.75, 3.05) is 31.1 Å². The van der Waals surface area contributed by atoms with Crippen LogP contribution in [0.25, 0.3) is 11.1 Å². The predicted molar refractivity (Wildman–Crippen MR) is 82.7 cm³/mol. The van der Waals surface area contributed by atoms with Crippen LogP contribution in [0.3, 0.4) is 0 Å². The van der Waals surface area contributed by atoms with E-state index in [1.807, 2.05) is 30.3 Å². The molecule has 0 amide bonds. The number of para-hydroxylation sites is 2. The molecule has 1 aliphatic heterocycles. The van der Waals surface area contributed by atoms with Crippen LogP contribution in [0, 0.1) is 0 Å². The number of piperazine rings is 1. The Bertz CT molecular complexity index is 716. The number of hydrogen-bond donors (Lipinski definition) is 1. The van der Waals surface area contributed by atoms with Crippen LogP contribution in [-0.4, -0.2) is 41.1 Å². The molecule has 0 unspecified atom stereocenters. The van der Waals surface area contributed by atoms with Gasteiger partial charge in [-0.05, 0) is 18.2 Å². The van der Waals surface area contributed by atoms with Crippen molar-refractivity contribution in [3.8, 4) is 0 Å². The Morgan fingerprint density at radius 2 is 1.82 bits per heavy atom. The molecular weight excluding hydrogens is 278 g/mol. The predicted octanol–water partition coefficient (Wildman–Crippen LogP) is 0.523. The second kappa shape index (κ2) is 5.73. The first-order valence-electron chi connectivity index (χ1n) is 7.58. The number of aromatic nitrogens is 3. The largest absolute Gasteiger partial charge is 0.435 e. The standard InChI is InChI=1S/C16H17N5O/c1-2-5-14-13(4-1)19-15(22-14)12-20-8-10-21(11-9-20)16-17-6-3-7-18-16/h1-7H,8-12H2/p+1. The average molecular weight is 296 g/mol. The summed E-state index contributed by atoms with van der Waals surface area (Å²) in [5.41, 5.74) is 1.81. The Morgan fingerprint density at radius 1 is 1.05 bits per heavy atom. The SMILES string of the molecule is c1cnc(N2CC[NH+](Cc3nc4ccccc4o3)CC2)nc1. The number of nitrogens with zero attached hydrogens (tertiary/aromatic N) is 4. The van der Waals surface area contributed by atoms with Crippen molar-refractivity contribution < 1.29 is 9.32 Å². The minimum Gasteiger partial charge on any atom is -0.435 e. The molecular formula is C16H18N5O+. The summed E-state index contributed by atoms with van der Waals surface area (Å²) in [6.45, 7) is 4.82. The first-order chi connectivity index (χ1) is 10.9. The molecule has 112 valence electrons. The maximum Gasteiger partial charge on any atom is 0.251 e. The van der Waals surface area contributed by atoms with Crippen LogP contribution >= 0.6 is 0 Å². The van der Waals surface area contributed by atoms with Gasteiger partial charge >= 0.3 is 0 Å². The highest BCUT2D eigenvalue weighted by atomic mass is 16.3. The topological polar surface area (TPSA) is 59.5 Å². The van der Waals surface area contributed by atoms with Crippen LogP contribution in [0.15, 0.2) is 47.1 Å². The molecule has 0 spiro atoms. The average Bonchev–Trinajstić information content (AvgIpc) is 2.98. The molecule has 0 bridgehead atoms. The van der Waals surface area contributed by atoms with Crippen LogP contribution in [0.2, 0.25) is 0 Å². The highest BCUT2D eigenvalue weighted by molar-refractivity contribution is 5.72. The van der Waals surface area contributed by atoms with Crippen molar-refractivity contribution in [1.82, 2.24) is 15.0 Å². The summed E-state index contributed by atoms with van der Waals surface area (Å²) in [5, 5.41) is 0. The number of oxazole rings is 1. The minimum absolute atomic E-state index is 0.820. The molecule has 2 aromatic heterocycles. The number of nitrogens with one attached hydrogen (secondary N) is 1. The van der Waals surface area contributed by atoms with E-state index in [0.29, 0.717) is 0 Å². The number of anilines is 1. The molecule has 0 aliphatic carbocycles. The van der Waals surface area contributed by atoms with Crippen LogP contribution in [0.1, 0.15) is 5.89 Å². The van der Waals surface area contributed by atoms with E-state index in [2.05, 4.69) is 19.9 Å². The second-order valence-corrected chi connectivity index (χ2v) is 5.54. The van der Waals surface area contributed by atoms with E-state index < -0.39 is 0 Å². The van der Waals surface area contributed by atoms with Gasteiger partial charge in [0, 0.05) is 12.4 Å². The molecule has 0 radical (unpaired) electrons. The van der Waals surface area contributed by atoms with Crippen LogP contribution in [0.5, 0.6) is 0 Å². The molecule has 4 rings (SSSR count). The zero-order valence-electron chi connectivity index (χ0n) is 12.3. The summed E-state index contributed by atoms with van der Waals surface area (Å²) in [7, 11) is 0. The summed E-state index contributed by atoms with van der Waals surface area (Å²) in [6, 6.07) is 9.76. The van der Waals surface area contributed by atoms with Gasteiger partial charge in [0.15, 0.2) is 12.1 Å². The van der Waals surface area contributed by atoms with E-state index in [1.165, 1.54) is 4.90 Å². The Balaban J connectivity index is 1.39. The van der Waals surface area contributed by atoms with Gasteiger partial charge in [0.1, 0.15) is 5.52 Å². The van der Waals surface area contributed by atoms with Gasteiger partial charge in [-0.3, -0.25) is 0 Å². The lowest BCUT2D eigenvalue weighted by atomic mass is 10.3. The Labute approximate surface area is 128 Å². The number of hydrogen-bond acceptors (Lipinski definition) is 5. The molecule has 1 N–H and O–H groups in total. The molecule has 1 aliphatic rings. The molecule has 1 aromatic carbocycles. The highest BCUT2D eigenvalue weighted by Gasteiger charge is 2.23. The molecule has 3 heterocycles. The van der Waals surface area contributed by atoms with Crippen molar-refractivity contribution in [3.05, 3.63) is 48.6 Å². The Hall–Kier alpha value is -2.47. The van der Waals surface area contributed by atoms with Crippen molar-refractivity contribution in [3.63, 3.8) is 0 Å². The monoisotopic (exact) mass is 296 g/mol. The summed E-state index contributed by atoms with van der Waals surface area (Å²) < 4.78 is 5.81. The fourth-order valence-electron chi connectivity index (χ4n) is 2.86. The number of fused-ring (bicyclic) bond motifs is 1. The molecule has 6 heteroatoms. The van der Waals surface area contributed by atoms with E-state index >= 15 is 0 Å². The van der Waals surface area contributed by atoms with Gasteiger partial charge in [0.05, 0.1) is 26.2 Å². The zero-order chi connectivity index (χ0) is 14.8. The fourth-order valence-corrected chi connectivity index (χ4v) is 2.86. The van der Waals surface area contributed by atoms with Crippen LogP contribution in [-0.2, 0) is 6.54 Å². The van der Waals surface area contributed by atoms with Crippen molar-refractivity contribution in [2.45, 2.75) is 6.54 Å². The lowest BCUT2D eigenvalue weighted by molar-refractivity contribution is -0.915. The first-order valence-corrected chi connectivity index (χ1v) is 7.58. The highest BCUT2D eigenvalue weighted by Crippen LogP contribution is 2.14. The van der Waals surface area contributed by atoms with Gasteiger partial charge < -0.3 is 14.2 Å². The molecule has 0 atom stereocenters. The number of rotatable bonds is 3. The first kappa shape index (κ1) is 13.2. The molecule has 22 heavy (non-hydrogen) atoms. The Morgan fingerprint density at radius 3 is 2.59 bits per heavy atom. The smallest absolute Gasteiger partial charge is 0.251 e. The van der Waals surface area contributed by atoms with Crippen LogP contribution in [0.4, 0.5) is 5.95 Å². The maximum absolute atomic E-state index is 5.81. The van der Waals surface area contributed by atoms with E-state index in [-0.39, 0.29) is 0 Å². The van der Waals surface area contributed by atoms with Crippen molar-refractivity contribution >= 4 is 17.0 Å². The van der Waals surface area contributed by atoms with E-state index in [9.17, 15) is 0 Å². The summed E-state index contributed by atoms with van der Waals surface area (Å²) in [4.78, 5) is 16.9. The van der Waals surface area contributed by atoms with Crippen molar-refractivity contribution in [2.24, 2.45) is 0 Å². The lowest BCUT2D eigenvalue weighted by Crippen LogP contribution is -3.13.